The summed E-state index contributed by atoms with van der Waals surface area (Å²) in [5.41, 5.74) is 0.823. The highest BCUT2D eigenvalue weighted by atomic mass is 32.1. The summed E-state index contributed by atoms with van der Waals surface area (Å²) >= 11 is 1.51. The Morgan fingerprint density at radius 3 is 3.11 bits per heavy atom. The van der Waals surface area contributed by atoms with Crippen molar-refractivity contribution in [2.75, 3.05) is 11.9 Å². The molecular weight excluding hydrogens is 252 g/mol. The molecule has 2 aromatic heterocycles. The van der Waals surface area contributed by atoms with Crippen LogP contribution in [0.1, 0.15) is 17.9 Å². The van der Waals surface area contributed by atoms with Gasteiger partial charge in [-0.05, 0) is 0 Å². The van der Waals surface area contributed by atoms with Crippen molar-refractivity contribution in [3.8, 4) is 0 Å². The molecule has 0 aliphatic carbocycles. The monoisotopic (exact) mass is 266 g/mol. The second kappa shape index (κ2) is 5.63. The maximum atomic E-state index is 10.5. The Labute approximate surface area is 108 Å². The van der Waals surface area contributed by atoms with E-state index in [1.54, 1.807) is 12.4 Å². The van der Waals surface area contributed by atoms with E-state index in [1.807, 2.05) is 17.3 Å². The number of carbonyl (C=O) groups is 1. The molecule has 18 heavy (non-hydrogen) atoms. The number of nitrogens with one attached hydrogen (secondary N) is 1. The van der Waals surface area contributed by atoms with Gasteiger partial charge in [0.15, 0.2) is 5.13 Å². The zero-order chi connectivity index (χ0) is 13.0. The lowest BCUT2D eigenvalue weighted by Gasteiger charge is -2.13. The third-order valence-electron chi connectivity index (χ3n) is 2.40. The van der Waals surface area contributed by atoms with E-state index in [1.165, 1.54) is 11.3 Å². The number of hydrogen-bond donors (Lipinski definition) is 2. The van der Waals surface area contributed by atoms with E-state index >= 15 is 0 Å². The number of imidazole rings is 1. The molecule has 2 N–H and O–H groups in total. The highest BCUT2D eigenvalue weighted by Crippen LogP contribution is 2.21. The van der Waals surface area contributed by atoms with Gasteiger partial charge in [0.1, 0.15) is 5.82 Å². The number of anilines is 1. The lowest BCUT2D eigenvalue weighted by Crippen LogP contribution is -2.17. The van der Waals surface area contributed by atoms with E-state index in [4.69, 9.17) is 5.11 Å². The molecule has 0 aliphatic heterocycles. The predicted molar refractivity (Wildman–Crippen MR) is 68.8 cm³/mol. The number of aromatic amines is 1. The second-order valence-electron chi connectivity index (χ2n) is 3.91. The fraction of sp³-hybridized carbons (Fsp3) is 0.364. The van der Waals surface area contributed by atoms with Crippen LogP contribution in [0.25, 0.3) is 0 Å². The number of carboxylic acids is 1. The Morgan fingerprint density at radius 1 is 1.61 bits per heavy atom. The normalized spacial score (nSPS) is 10.5. The molecular formula is C11H14N4O2S. The molecule has 0 radical (unpaired) electrons. The smallest absolute Gasteiger partial charge is 0.303 e. The SMILES string of the molecule is CN(Cc1ncc[nH]1)c1nc(CCC(=O)O)cs1. The zero-order valence-corrected chi connectivity index (χ0v) is 10.8. The van der Waals surface area contributed by atoms with Crippen molar-refractivity contribution in [3.05, 3.63) is 29.3 Å². The van der Waals surface area contributed by atoms with Crippen LogP contribution in [-0.4, -0.2) is 33.1 Å². The molecule has 0 aliphatic rings. The number of aryl methyl sites for hydroxylation is 1. The molecule has 0 amide bonds. The summed E-state index contributed by atoms with van der Waals surface area (Å²) in [6.07, 6.45) is 4.08. The average Bonchev–Trinajstić information content (AvgIpc) is 2.96. The van der Waals surface area contributed by atoms with Crippen molar-refractivity contribution in [1.29, 1.82) is 0 Å². The minimum absolute atomic E-state index is 0.116. The molecule has 0 saturated heterocycles. The van der Waals surface area contributed by atoms with Crippen LogP contribution in [-0.2, 0) is 17.8 Å². The van der Waals surface area contributed by atoms with Gasteiger partial charge in [0.05, 0.1) is 18.7 Å². The quantitative estimate of drug-likeness (QED) is 0.828. The van der Waals surface area contributed by atoms with Gasteiger partial charge in [-0.3, -0.25) is 4.79 Å². The largest absolute Gasteiger partial charge is 0.481 e. The molecule has 96 valence electrons. The minimum Gasteiger partial charge on any atom is -0.481 e. The average molecular weight is 266 g/mol. The van der Waals surface area contributed by atoms with Gasteiger partial charge in [0.25, 0.3) is 0 Å². The van der Waals surface area contributed by atoms with Gasteiger partial charge in [0.2, 0.25) is 0 Å². The summed E-state index contributed by atoms with van der Waals surface area (Å²) in [4.78, 5) is 24.0. The molecule has 0 fully saturated rings. The molecule has 7 heteroatoms. The van der Waals surface area contributed by atoms with Crippen molar-refractivity contribution in [1.82, 2.24) is 15.0 Å². The van der Waals surface area contributed by atoms with Crippen molar-refractivity contribution >= 4 is 22.4 Å². The summed E-state index contributed by atoms with van der Waals surface area (Å²) in [6, 6.07) is 0. The van der Waals surface area contributed by atoms with Crippen LogP contribution in [0.5, 0.6) is 0 Å². The molecule has 0 saturated carbocycles. The topological polar surface area (TPSA) is 82.1 Å². The predicted octanol–water partition coefficient (Wildman–Crippen LogP) is 1.52. The summed E-state index contributed by atoms with van der Waals surface area (Å²) in [5, 5.41) is 11.4. The highest BCUT2D eigenvalue weighted by Gasteiger charge is 2.09. The molecule has 0 spiro atoms. The van der Waals surface area contributed by atoms with E-state index in [-0.39, 0.29) is 6.42 Å². The summed E-state index contributed by atoms with van der Waals surface area (Å²) < 4.78 is 0. The molecule has 0 bridgehead atoms. The van der Waals surface area contributed by atoms with Crippen molar-refractivity contribution in [3.63, 3.8) is 0 Å². The van der Waals surface area contributed by atoms with Crippen molar-refractivity contribution in [2.45, 2.75) is 19.4 Å². The molecule has 6 nitrogen and oxygen atoms in total. The molecule has 2 rings (SSSR count). The zero-order valence-electron chi connectivity index (χ0n) is 9.96. The van der Waals surface area contributed by atoms with Crippen LogP contribution in [0.4, 0.5) is 5.13 Å². The van der Waals surface area contributed by atoms with Crippen LogP contribution in [0.3, 0.4) is 0 Å². The number of rotatable bonds is 6. The van der Waals surface area contributed by atoms with Gasteiger partial charge in [-0.15, -0.1) is 11.3 Å². The Balaban J connectivity index is 1.94. The van der Waals surface area contributed by atoms with Crippen LogP contribution in [0.15, 0.2) is 17.8 Å². The van der Waals surface area contributed by atoms with Crippen LogP contribution < -0.4 is 4.90 Å². The number of hydrogen-bond acceptors (Lipinski definition) is 5. The number of aromatic nitrogens is 3. The van der Waals surface area contributed by atoms with Gasteiger partial charge in [-0.2, -0.15) is 0 Å². The fourth-order valence-electron chi connectivity index (χ4n) is 1.50. The first-order valence-corrected chi connectivity index (χ1v) is 6.38. The fourth-order valence-corrected chi connectivity index (χ4v) is 2.32. The number of nitrogens with zero attached hydrogens (tertiary/aromatic N) is 3. The Bertz CT molecular complexity index is 509. The minimum atomic E-state index is -0.798. The van der Waals surface area contributed by atoms with Gasteiger partial charge in [0, 0.05) is 31.2 Å². The molecule has 0 atom stereocenters. The third kappa shape index (κ3) is 3.30. The van der Waals surface area contributed by atoms with Crippen LogP contribution >= 0.6 is 11.3 Å². The maximum Gasteiger partial charge on any atom is 0.303 e. The first kappa shape index (κ1) is 12.6. The summed E-state index contributed by atoms with van der Waals surface area (Å²) in [7, 11) is 1.93. The van der Waals surface area contributed by atoms with E-state index in [0.717, 1.165) is 16.6 Å². The Kier molecular flexibility index (Phi) is 3.93. The molecule has 0 aromatic carbocycles. The molecule has 2 aromatic rings. The van der Waals surface area contributed by atoms with E-state index < -0.39 is 5.97 Å². The first-order chi connectivity index (χ1) is 8.65. The van der Waals surface area contributed by atoms with E-state index in [0.29, 0.717) is 13.0 Å². The summed E-state index contributed by atoms with van der Waals surface area (Å²) in [6.45, 7) is 0.652. The van der Waals surface area contributed by atoms with E-state index in [2.05, 4.69) is 15.0 Å². The lowest BCUT2D eigenvalue weighted by atomic mass is 10.2. The van der Waals surface area contributed by atoms with Crippen molar-refractivity contribution in [2.24, 2.45) is 0 Å². The van der Waals surface area contributed by atoms with Crippen LogP contribution in [0.2, 0.25) is 0 Å². The standard InChI is InChI=1S/C11H14N4O2S/c1-15(6-9-12-4-5-13-9)11-14-8(7-18-11)2-3-10(16)17/h4-5,7H,2-3,6H2,1H3,(H,12,13)(H,16,17). The highest BCUT2D eigenvalue weighted by molar-refractivity contribution is 7.13. The molecule has 2 heterocycles. The second-order valence-corrected chi connectivity index (χ2v) is 4.74. The number of aliphatic carboxylic acids is 1. The number of carboxylic acid groups (broad SMARTS) is 1. The Morgan fingerprint density at radius 2 is 2.44 bits per heavy atom. The lowest BCUT2D eigenvalue weighted by molar-refractivity contribution is -0.136. The number of thiazole rings is 1. The first-order valence-electron chi connectivity index (χ1n) is 5.50. The van der Waals surface area contributed by atoms with Gasteiger partial charge in [-0.1, -0.05) is 0 Å². The van der Waals surface area contributed by atoms with Gasteiger partial charge < -0.3 is 15.0 Å². The molecule has 0 unspecified atom stereocenters. The van der Waals surface area contributed by atoms with Crippen molar-refractivity contribution < 1.29 is 9.90 Å². The third-order valence-corrected chi connectivity index (χ3v) is 3.41. The van der Waals surface area contributed by atoms with Gasteiger partial charge >= 0.3 is 5.97 Å². The number of H-pyrrole nitrogens is 1. The van der Waals surface area contributed by atoms with Crippen LogP contribution in [0, 0.1) is 0 Å². The Hall–Kier alpha value is -1.89. The van der Waals surface area contributed by atoms with Gasteiger partial charge in [-0.25, -0.2) is 9.97 Å². The summed E-state index contributed by atoms with van der Waals surface area (Å²) in [5.74, 6) is 0.0771. The van der Waals surface area contributed by atoms with E-state index in [9.17, 15) is 4.79 Å². The maximum absolute atomic E-state index is 10.5.